The van der Waals surface area contributed by atoms with Gasteiger partial charge in [0.15, 0.2) is 0 Å². The third-order valence-electron chi connectivity index (χ3n) is 4.75. The molecule has 4 aromatic rings. The lowest BCUT2D eigenvalue weighted by Crippen LogP contribution is -1.97. The summed E-state index contributed by atoms with van der Waals surface area (Å²) in [6, 6.07) is 19.4. The second-order valence-electron chi connectivity index (χ2n) is 7.15. The van der Waals surface area contributed by atoms with Gasteiger partial charge in [-0.15, -0.1) is 0 Å². The Morgan fingerprint density at radius 2 is 1.21 bits per heavy atom. The smallest absolute Gasteiger partial charge is 0.145 e. The van der Waals surface area contributed by atoms with Crippen LogP contribution in [0.25, 0.3) is 10.8 Å². The van der Waals surface area contributed by atoms with E-state index >= 15 is 0 Å². The molecule has 33 heavy (non-hydrogen) atoms. The molecule has 0 aliphatic rings. The maximum Gasteiger partial charge on any atom is 0.145 e. The molecule has 4 aromatic carbocycles. The van der Waals surface area contributed by atoms with Gasteiger partial charge in [0.1, 0.15) is 29.8 Å². The van der Waals surface area contributed by atoms with Gasteiger partial charge >= 0.3 is 0 Å². The van der Waals surface area contributed by atoms with Crippen LogP contribution in [0.1, 0.15) is 22.3 Å². The molecule has 0 unspecified atom stereocenters. The van der Waals surface area contributed by atoms with Gasteiger partial charge in [-0.2, -0.15) is 0 Å². The molecule has 0 bridgehead atoms. The van der Waals surface area contributed by atoms with E-state index in [1.165, 1.54) is 18.2 Å². The molecule has 0 aromatic heterocycles. The molecule has 0 fully saturated rings. The van der Waals surface area contributed by atoms with E-state index in [1.807, 2.05) is 18.2 Å². The van der Waals surface area contributed by atoms with Crippen LogP contribution in [0.15, 0.2) is 85.5 Å². The summed E-state index contributed by atoms with van der Waals surface area (Å²) in [5.41, 5.74) is 1.85. The summed E-state index contributed by atoms with van der Waals surface area (Å²) in [5.74, 6) is 9.68. The van der Waals surface area contributed by atoms with Crippen LogP contribution in [0.4, 0.5) is 13.2 Å². The molecule has 0 aliphatic carbocycles. The van der Waals surface area contributed by atoms with Crippen LogP contribution in [0.3, 0.4) is 0 Å². The topological polar surface area (TPSA) is 9.23 Å². The van der Waals surface area contributed by atoms with Crippen molar-refractivity contribution in [2.75, 3.05) is 6.61 Å². The van der Waals surface area contributed by atoms with E-state index in [9.17, 15) is 13.2 Å². The average Bonchev–Trinajstić information content (AvgIpc) is 2.81. The lowest BCUT2D eigenvalue weighted by molar-refractivity contribution is 0.358. The van der Waals surface area contributed by atoms with E-state index < -0.39 is 11.6 Å². The molecule has 1 nitrogen and oxygen atoms in total. The highest BCUT2D eigenvalue weighted by Gasteiger charge is 2.10. The number of ether oxygens (including phenoxy) is 1. The maximum absolute atomic E-state index is 14.2. The van der Waals surface area contributed by atoms with Crippen LogP contribution in [-0.4, -0.2) is 6.61 Å². The van der Waals surface area contributed by atoms with Gasteiger partial charge in [-0.3, -0.25) is 0 Å². The molecule has 0 atom stereocenters. The first-order valence-electron chi connectivity index (χ1n) is 10.1. The Bertz CT molecular complexity index is 1440. The Morgan fingerprint density at radius 1 is 0.667 bits per heavy atom. The van der Waals surface area contributed by atoms with Crippen LogP contribution < -0.4 is 4.74 Å². The van der Waals surface area contributed by atoms with Gasteiger partial charge in [-0.05, 0) is 59.3 Å². The third kappa shape index (κ3) is 5.45. The van der Waals surface area contributed by atoms with Crippen molar-refractivity contribution in [1.29, 1.82) is 0 Å². The maximum atomic E-state index is 14.2. The molecule has 160 valence electrons. The Morgan fingerprint density at radius 3 is 1.88 bits per heavy atom. The summed E-state index contributed by atoms with van der Waals surface area (Å²) in [7, 11) is 0. The van der Waals surface area contributed by atoms with Crippen molar-refractivity contribution >= 4 is 10.8 Å². The highest BCUT2D eigenvalue weighted by molar-refractivity contribution is 5.84. The number of halogens is 3. The largest absolute Gasteiger partial charge is 0.489 e. The first-order valence-corrected chi connectivity index (χ1v) is 10.1. The monoisotopic (exact) mass is 438 g/mol. The normalized spacial score (nSPS) is 10.0. The molecule has 0 N–H and O–H groups in total. The number of hydrogen-bond acceptors (Lipinski definition) is 1. The van der Waals surface area contributed by atoms with Crippen molar-refractivity contribution in [2.45, 2.75) is 0 Å². The summed E-state index contributed by atoms with van der Waals surface area (Å²) in [6.45, 7) is 3.65. The first kappa shape index (κ1) is 21.8. The average molecular weight is 438 g/mol. The Balaban J connectivity index is 1.50. The van der Waals surface area contributed by atoms with E-state index in [1.54, 1.807) is 30.3 Å². The Labute approximate surface area is 190 Å². The van der Waals surface area contributed by atoms with Gasteiger partial charge < -0.3 is 4.74 Å². The predicted octanol–water partition coefficient (Wildman–Crippen LogP) is 6.62. The van der Waals surface area contributed by atoms with Gasteiger partial charge in [0.2, 0.25) is 0 Å². The van der Waals surface area contributed by atoms with Gasteiger partial charge in [0, 0.05) is 28.8 Å². The molecule has 4 rings (SSSR count). The van der Waals surface area contributed by atoms with Crippen molar-refractivity contribution < 1.29 is 17.9 Å². The van der Waals surface area contributed by atoms with Crippen LogP contribution in [0.2, 0.25) is 0 Å². The summed E-state index contributed by atoms with van der Waals surface area (Å²) >= 11 is 0. The number of hydrogen-bond donors (Lipinski definition) is 0. The zero-order valence-electron chi connectivity index (χ0n) is 17.5. The number of fused-ring (bicyclic) bond motifs is 1. The van der Waals surface area contributed by atoms with Crippen molar-refractivity contribution in [3.05, 3.63) is 125 Å². The molecule has 0 radical (unpaired) electrons. The van der Waals surface area contributed by atoms with Crippen LogP contribution in [0.5, 0.6) is 5.75 Å². The van der Waals surface area contributed by atoms with Crippen molar-refractivity contribution in [2.24, 2.45) is 0 Å². The number of rotatable bonds is 3. The quantitative estimate of drug-likeness (QED) is 0.258. The minimum absolute atomic E-state index is 0.0805. The summed E-state index contributed by atoms with van der Waals surface area (Å²) in [6.07, 6.45) is 1.49. The predicted molar refractivity (Wildman–Crippen MR) is 124 cm³/mol. The fourth-order valence-corrected chi connectivity index (χ4v) is 3.12. The molecule has 0 saturated heterocycles. The van der Waals surface area contributed by atoms with E-state index in [2.05, 4.69) is 30.3 Å². The Hall–Kier alpha value is -4.41. The van der Waals surface area contributed by atoms with Gasteiger partial charge in [-0.1, -0.05) is 48.5 Å². The van der Waals surface area contributed by atoms with Gasteiger partial charge in [-0.25, -0.2) is 13.2 Å². The lowest BCUT2D eigenvalue weighted by Gasteiger charge is -2.05. The van der Waals surface area contributed by atoms with Gasteiger partial charge in [0.25, 0.3) is 0 Å². The van der Waals surface area contributed by atoms with Crippen molar-refractivity contribution in [1.82, 2.24) is 0 Å². The molecular formula is C29H17F3O. The Kier molecular flexibility index (Phi) is 6.48. The fourth-order valence-electron chi connectivity index (χ4n) is 3.12. The zero-order valence-corrected chi connectivity index (χ0v) is 17.5. The first-order chi connectivity index (χ1) is 16.0. The highest BCUT2D eigenvalue weighted by atomic mass is 19.1. The van der Waals surface area contributed by atoms with Crippen molar-refractivity contribution in [3.8, 4) is 29.4 Å². The summed E-state index contributed by atoms with van der Waals surface area (Å²) in [5, 5.41) is 1.73. The molecule has 0 spiro atoms. The molecular weight excluding hydrogens is 421 g/mol. The van der Waals surface area contributed by atoms with Crippen LogP contribution in [0, 0.1) is 41.1 Å². The lowest BCUT2D eigenvalue weighted by atomic mass is 10.1. The molecule has 0 heterocycles. The fraction of sp³-hybridized carbons (Fsp3) is 0.0345. The zero-order chi connectivity index (χ0) is 23.2. The second-order valence-corrected chi connectivity index (χ2v) is 7.15. The second kappa shape index (κ2) is 9.81. The van der Waals surface area contributed by atoms with E-state index in [4.69, 9.17) is 4.74 Å². The number of benzene rings is 4. The highest BCUT2D eigenvalue weighted by Crippen LogP contribution is 2.20. The minimum atomic E-state index is -0.790. The SMILES string of the molecule is C=CCOc1cc(F)c(C#Cc2ccc(C#Cc3ccc4cc(F)ccc4c3)cc2)c(F)c1. The van der Waals surface area contributed by atoms with Gasteiger partial charge in [0.05, 0.1) is 5.56 Å². The van der Waals surface area contributed by atoms with E-state index in [-0.39, 0.29) is 23.7 Å². The minimum Gasteiger partial charge on any atom is -0.489 e. The summed E-state index contributed by atoms with van der Waals surface area (Å²) < 4.78 is 46.9. The van der Waals surface area contributed by atoms with E-state index in [0.29, 0.717) is 5.56 Å². The molecule has 0 aliphatic heterocycles. The van der Waals surface area contributed by atoms with Crippen LogP contribution in [-0.2, 0) is 0 Å². The summed E-state index contributed by atoms with van der Waals surface area (Å²) in [4.78, 5) is 0. The standard InChI is InChI=1S/C29H17F3O/c1-2-15-33-26-18-28(31)27(29(32)19-26)14-10-21-5-3-20(4-6-21)7-8-22-9-11-24-17-25(30)13-12-23(24)16-22/h2-6,9,11-13,16-19H,1,15H2. The van der Waals surface area contributed by atoms with E-state index in [0.717, 1.165) is 34.0 Å². The molecule has 4 heteroatoms. The molecule has 0 saturated carbocycles. The van der Waals surface area contributed by atoms with Crippen molar-refractivity contribution in [3.63, 3.8) is 0 Å². The van der Waals surface area contributed by atoms with Crippen LogP contribution >= 0.6 is 0 Å². The molecule has 0 amide bonds. The third-order valence-corrected chi connectivity index (χ3v) is 4.75.